The molecule has 6 aromatic carbocycles. The lowest BCUT2D eigenvalue weighted by atomic mass is 9.74. The predicted molar refractivity (Wildman–Crippen MR) is 192 cm³/mol. The van der Waals surface area contributed by atoms with Crippen LogP contribution in [0.15, 0.2) is 109 Å². The number of fused-ring (bicyclic) bond motifs is 15. The monoisotopic (exact) mass is 592 g/mol. The van der Waals surface area contributed by atoms with E-state index in [1.54, 1.807) is 11.1 Å². The Hall–Kier alpha value is -4.42. The van der Waals surface area contributed by atoms with E-state index < -0.39 is 0 Å². The second-order valence-corrected chi connectivity index (χ2v) is 15.4. The summed E-state index contributed by atoms with van der Waals surface area (Å²) in [6, 6.07) is 43.3. The van der Waals surface area contributed by atoms with Gasteiger partial charge in [0.15, 0.2) is 0 Å². The molecule has 0 heterocycles. The van der Waals surface area contributed by atoms with Crippen molar-refractivity contribution in [3.63, 3.8) is 0 Å². The van der Waals surface area contributed by atoms with Gasteiger partial charge in [0.1, 0.15) is 0 Å². The molecule has 2 spiro atoms. The molecule has 0 heteroatoms. The Labute approximate surface area is 273 Å². The van der Waals surface area contributed by atoms with E-state index in [1.165, 1.54) is 77.5 Å². The number of benzene rings is 6. The minimum Gasteiger partial charge on any atom is -0.0620 e. The first kappa shape index (κ1) is 26.8. The van der Waals surface area contributed by atoms with Gasteiger partial charge in [-0.1, -0.05) is 137 Å². The highest BCUT2D eigenvalue weighted by molar-refractivity contribution is 6.11. The summed E-state index contributed by atoms with van der Waals surface area (Å²) in [7, 11) is 0. The summed E-state index contributed by atoms with van der Waals surface area (Å²) in [5, 5.41) is 2.85. The average Bonchev–Trinajstić information content (AvgIpc) is 3.80. The normalized spacial score (nSPS) is 17.1. The minimum absolute atomic E-state index is 0.00481. The third-order valence-electron chi connectivity index (χ3n) is 12.4. The van der Waals surface area contributed by atoms with Gasteiger partial charge in [-0.25, -0.2) is 0 Å². The largest absolute Gasteiger partial charge is 0.0620 e. The maximum atomic E-state index is 2.57. The number of hydrogen-bond donors (Lipinski definition) is 0. The summed E-state index contributed by atoms with van der Waals surface area (Å²) >= 11 is 0. The molecule has 0 amide bonds. The molecule has 0 saturated heterocycles. The molecule has 0 bridgehead atoms. The molecular formula is C46H40. The van der Waals surface area contributed by atoms with Crippen molar-refractivity contribution >= 4 is 10.8 Å². The van der Waals surface area contributed by atoms with Crippen LogP contribution in [0.2, 0.25) is 0 Å². The van der Waals surface area contributed by atoms with Crippen LogP contribution in [-0.2, 0) is 36.5 Å². The molecule has 0 atom stereocenters. The fourth-order valence-corrected chi connectivity index (χ4v) is 10.1. The van der Waals surface area contributed by atoms with Crippen molar-refractivity contribution in [2.75, 3.05) is 0 Å². The van der Waals surface area contributed by atoms with Crippen LogP contribution in [0.3, 0.4) is 0 Å². The van der Waals surface area contributed by atoms with Crippen LogP contribution < -0.4 is 0 Å². The standard InChI is InChI=1S/C46H40/c1-27(2)29-13-15-37-41(21-29)45(23-31-9-5-6-10-32(31)24-45)39-19-17-36-35(43(37)39)18-20-40-44(36)38-16-14-30(28(3)4)22-42(38)46(40)25-33-11-7-8-12-34(33)26-46/h5-22,27-28H,23-26H2,1-4H3. The topological polar surface area (TPSA) is 0 Å². The Morgan fingerprint density at radius 1 is 0.413 bits per heavy atom. The fourth-order valence-electron chi connectivity index (χ4n) is 10.1. The molecule has 0 fully saturated rings. The molecule has 6 aromatic rings. The van der Waals surface area contributed by atoms with Gasteiger partial charge < -0.3 is 0 Å². The molecule has 0 N–H and O–H groups in total. The molecule has 0 unspecified atom stereocenters. The molecule has 0 saturated carbocycles. The Kier molecular flexibility index (Phi) is 5.29. The van der Waals surface area contributed by atoms with Crippen molar-refractivity contribution < 1.29 is 0 Å². The van der Waals surface area contributed by atoms with Crippen LogP contribution in [0.4, 0.5) is 0 Å². The quantitative estimate of drug-likeness (QED) is 0.188. The van der Waals surface area contributed by atoms with Gasteiger partial charge in [0.25, 0.3) is 0 Å². The highest BCUT2D eigenvalue weighted by Gasteiger charge is 2.50. The lowest BCUT2D eigenvalue weighted by Gasteiger charge is -2.28. The Morgan fingerprint density at radius 2 is 0.783 bits per heavy atom. The summed E-state index contributed by atoms with van der Waals surface area (Å²) in [5.74, 6) is 1.02. The first-order chi connectivity index (χ1) is 22.4. The Bertz CT molecular complexity index is 2060. The van der Waals surface area contributed by atoms with Crippen molar-refractivity contribution in [3.8, 4) is 22.3 Å². The highest BCUT2D eigenvalue weighted by atomic mass is 14.5. The molecule has 4 aliphatic rings. The lowest BCUT2D eigenvalue weighted by Crippen LogP contribution is -2.26. The molecular weight excluding hydrogens is 553 g/mol. The minimum atomic E-state index is 0.00481. The summed E-state index contributed by atoms with van der Waals surface area (Å²) in [4.78, 5) is 0. The van der Waals surface area contributed by atoms with E-state index in [0.717, 1.165) is 25.7 Å². The van der Waals surface area contributed by atoms with E-state index >= 15 is 0 Å². The van der Waals surface area contributed by atoms with E-state index in [-0.39, 0.29) is 10.8 Å². The van der Waals surface area contributed by atoms with Crippen molar-refractivity contribution in [2.45, 2.75) is 76.0 Å². The van der Waals surface area contributed by atoms with E-state index in [2.05, 4.69) is 137 Å². The summed E-state index contributed by atoms with van der Waals surface area (Å²) < 4.78 is 0. The molecule has 46 heavy (non-hydrogen) atoms. The molecule has 0 nitrogen and oxygen atoms in total. The SMILES string of the molecule is CC(C)c1ccc2c(c1)C1(Cc3ccccc3C1)c1ccc3c4c(ccc3c1-2)C1(Cc2ccccc2C1)c1cc(C(C)C)ccc1-4. The zero-order valence-electron chi connectivity index (χ0n) is 27.4. The van der Waals surface area contributed by atoms with Crippen molar-refractivity contribution in [3.05, 3.63) is 165 Å². The van der Waals surface area contributed by atoms with Crippen LogP contribution in [0.5, 0.6) is 0 Å². The van der Waals surface area contributed by atoms with Gasteiger partial charge in [0.05, 0.1) is 0 Å². The summed E-state index contributed by atoms with van der Waals surface area (Å²) in [6.45, 7) is 9.32. The molecule has 4 aliphatic carbocycles. The highest BCUT2D eigenvalue weighted by Crippen LogP contribution is 2.61. The maximum absolute atomic E-state index is 2.57. The zero-order valence-corrected chi connectivity index (χ0v) is 27.4. The van der Waals surface area contributed by atoms with Gasteiger partial charge in [-0.3, -0.25) is 0 Å². The fraction of sp³-hybridized carbons (Fsp3) is 0.261. The average molecular weight is 593 g/mol. The van der Waals surface area contributed by atoms with E-state index in [0.29, 0.717) is 11.8 Å². The van der Waals surface area contributed by atoms with Crippen molar-refractivity contribution in [1.82, 2.24) is 0 Å². The van der Waals surface area contributed by atoms with Gasteiger partial charge in [0, 0.05) is 10.8 Å². The molecule has 0 aliphatic heterocycles. The molecule has 0 aromatic heterocycles. The second-order valence-electron chi connectivity index (χ2n) is 15.4. The second kappa shape index (κ2) is 9.10. The third-order valence-corrected chi connectivity index (χ3v) is 12.4. The summed E-state index contributed by atoms with van der Waals surface area (Å²) in [6.07, 6.45) is 4.35. The first-order valence-corrected chi connectivity index (χ1v) is 17.4. The lowest BCUT2D eigenvalue weighted by molar-refractivity contribution is 0.562. The smallest absolute Gasteiger partial charge is 0.0296 e. The van der Waals surface area contributed by atoms with Crippen molar-refractivity contribution in [1.29, 1.82) is 0 Å². The first-order valence-electron chi connectivity index (χ1n) is 17.4. The van der Waals surface area contributed by atoms with E-state index in [4.69, 9.17) is 0 Å². The van der Waals surface area contributed by atoms with Crippen LogP contribution in [0.25, 0.3) is 33.0 Å². The van der Waals surface area contributed by atoms with Gasteiger partial charge >= 0.3 is 0 Å². The van der Waals surface area contributed by atoms with Gasteiger partial charge in [-0.05, 0) is 126 Å². The van der Waals surface area contributed by atoms with Crippen LogP contribution in [-0.4, -0.2) is 0 Å². The van der Waals surface area contributed by atoms with Crippen LogP contribution in [0, 0.1) is 0 Å². The Morgan fingerprint density at radius 3 is 1.13 bits per heavy atom. The van der Waals surface area contributed by atoms with Gasteiger partial charge in [-0.2, -0.15) is 0 Å². The number of rotatable bonds is 2. The summed E-state index contributed by atoms with van der Waals surface area (Å²) in [5.41, 5.74) is 21.0. The Balaban J connectivity index is 1.25. The van der Waals surface area contributed by atoms with Gasteiger partial charge in [0.2, 0.25) is 0 Å². The maximum Gasteiger partial charge on any atom is 0.0296 e. The van der Waals surface area contributed by atoms with Crippen molar-refractivity contribution in [2.24, 2.45) is 0 Å². The van der Waals surface area contributed by atoms with Crippen LogP contribution >= 0.6 is 0 Å². The van der Waals surface area contributed by atoms with E-state index in [9.17, 15) is 0 Å². The third kappa shape index (κ3) is 3.30. The van der Waals surface area contributed by atoms with E-state index in [1.807, 2.05) is 0 Å². The molecule has 10 rings (SSSR count). The predicted octanol–water partition coefficient (Wildman–Crippen LogP) is 11.2. The van der Waals surface area contributed by atoms with Crippen LogP contribution in [0.1, 0.15) is 95.2 Å². The molecule has 0 radical (unpaired) electrons. The number of hydrogen-bond acceptors (Lipinski definition) is 0. The molecule has 224 valence electrons. The zero-order chi connectivity index (χ0) is 30.9. The van der Waals surface area contributed by atoms with Gasteiger partial charge in [-0.15, -0.1) is 0 Å².